The van der Waals surface area contributed by atoms with Gasteiger partial charge in [-0.1, -0.05) is 6.92 Å². The molecule has 0 radical (unpaired) electrons. The average molecular weight is 531 g/mol. The maximum atomic E-state index is 13.6. The Bertz CT molecular complexity index is 1240. The number of piperidine rings is 1. The molecule has 10 heteroatoms. The number of fused-ring (bicyclic) bond motifs is 1. The van der Waals surface area contributed by atoms with Crippen LogP contribution in [0.2, 0.25) is 0 Å². The first-order chi connectivity index (χ1) is 18.2. The first-order valence-electron chi connectivity index (χ1n) is 13.2. The highest BCUT2D eigenvalue weighted by Crippen LogP contribution is 2.42. The zero-order valence-electron chi connectivity index (χ0n) is 21.6. The van der Waals surface area contributed by atoms with Gasteiger partial charge < -0.3 is 25.3 Å². The molecule has 2 amide bonds. The minimum atomic E-state index is -4.49. The van der Waals surface area contributed by atoms with Gasteiger partial charge in [0.25, 0.3) is 5.91 Å². The summed E-state index contributed by atoms with van der Waals surface area (Å²) in [5, 5.41) is 6.39. The molecule has 1 aromatic heterocycles. The second-order valence-corrected chi connectivity index (χ2v) is 10.4. The monoisotopic (exact) mass is 530 g/mol. The van der Waals surface area contributed by atoms with Gasteiger partial charge in [0, 0.05) is 48.6 Å². The lowest BCUT2D eigenvalue weighted by molar-refractivity contribution is -0.137. The number of likely N-dealkylation sites (tertiary alicyclic amines) is 1. The van der Waals surface area contributed by atoms with Crippen LogP contribution < -0.4 is 15.4 Å². The maximum absolute atomic E-state index is 13.6. The highest BCUT2D eigenvalue weighted by Gasteiger charge is 2.36. The fraction of sp³-hybridized carbons (Fsp3) is 0.500. The maximum Gasteiger partial charge on any atom is 0.416 e. The second-order valence-electron chi connectivity index (χ2n) is 10.4. The molecule has 2 aliphatic heterocycles. The number of hydrogen-bond acceptors (Lipinski definition) is 4. The molecule has 0 bridgehead atoms. The molecule has 1 aromatic carbocycles. The molecule has 1 saturated carbocycles. The van der Waals surface area contributed by atoms with Crippen LogP contribution >= 0.6 is 0 Å². The molecule has 3 aliphatic rings. The Hall–Kier alpha value is -3.43. The minimum absolute atomic E-state index is 0.0641. The molecular formula is C28H33F3N4O3. The molecule has 3 heterocycles. The quantitative estimate of drug-likeness (QED) is 0.482. The number of benzene rings is 1. The highest BCUT2D eigenvalue weighted by molar-refractivity contribution is 6.20. The largest absolute Gasteiger partial charge is 0.493 e. The van der Waals surface area contributed by atoms with Crippen LogP contribution in [0.5, 0.6) is 5.75 Å². The molecule has 2 aromatic rings. The highest BCUT2D eigenvalue weighted by atomic mass is 19.4. The Balaban J connectivity index is 1.39. The predicted molar refractivity (Wildman–Crippen MR) is 136 cm³/mol. The molecule has 0 spiro atoms. The van der Waals surface area contributed by atoms with Gasteiger partial charge >= 0.3 is 6.18 Å². The number of carbonyl (C=O) groups excluding carboxylic acids is 2. The van der Waals surface area contributed by atoms with Crippen LogP contribution in [0.1, 0.15) is 74.4 Å². The van der Waals surface area contributed by atoms with Gasteiger partial charge in [-0.3, -0.25) is 9.59 Å². The number of H-pyrrole nitrogens is 1. The van der Waals surface area contributed by atoms with Crippen molar-refractivity contribution in [3.63, 3.8) is 0 Å². The molecule has 1 atom stereocenters. The minimum Gasteiger partial charge on any atom is -0.493 e. The van der Waals surface area contributed by atoms with E-state index in [9.17, 15) is 22.8 Å². The van der Waals surface area contributed by atoms with E-state index in [2.05, 4.69) is 15.6 Å². The van der Waals surface area contributed by atoms with Gasteiger partial charge in [-0.25, -0.2) is 0 Å². The van der Waals surface area contributed by atoms with Crippen LogP contribution in [-0.4, -0.2) is 47.4 Å². The van der Waals surface area contributed by atoms with Crippen molar-refractivity contribution < 1.29 is 27.5 Å². The number of carbonyl (C=O) groups is 2. The van der Waals surface area contributed by atoms with Crippen LogP contribution in [0.3, 0.4) is 0 Å². The first kappa shape index (κ1) is 26.2. The number of halogens is 3. The molecule has 2 fully saturated rings. The number of allylic oxidation sites excluding steroid dienone is 1. The van der Waals surface area contributed by atoms with Crippen molar-refractivity contribution in [1.82, 2.24) is 20.5 Å². The Kier molecular flexibility index (Phi) is 7.15. The summed E-state index contributed by atoms with van der Waals surface area (Å²) in [6.07, 6.45) is 1.13. The topological polar surface area (TPSA) is 86.5 Å². The summed E-state index contributed by atoms with van der Waals surface area (Å²) in [6, 6.07) is 4.68. The lowest BCUT2D eigenvalue weighted by Gasteiger charge is -2.33. The number of hydrogen-bond donors (Lipinski definition) is 3. The van der Waals surface area contributed by atoms with Gasteiger partial charge in [0.05, 0.1) is 29.5 Å². The summed E-state index contributed by atoms with van der Waals surface area (Å²) in [5.41, 5.74) is 1.89. The summed E-state index contributed by atoms with van der Waals surface area (Å²) >= 11 is 0. The number of aromatic amines is 1. The number of aromatic nitrogens is 1. The third-order valence-electron chi connectivity index (χ3n) is 7.61. The summed E-state index contributed by atoms with van der Waals surface area (Å²) in [4.78, 5) is 30.3. The van der Waals surface area contributed by atoms with Crippen LogP contribution in [0.25, 0.3) is 5.57 Å². The normalized spacial score (nSPS) is 20.1. The van der Waals surface area contributed by atoms with E-state index in [1.165, 1.54) is 6.07 Å². The van der Waals surface area contributed by atoms with Crippen LogP contribution in [0.15, 0.2) is 36.2 Å². The molecular weight excluding hydrogens is 497 g/mol. The van der Waals surface area contributed by atoms with Gasteiger partial charge in [-0.2, -0.15) is 13.2 Å². The van der Waals surface area contributed by atoms with Crippen molar-refractivity contribution in [1.29, 1.82) is 0 Å². The van der Waals surface area contributed by atoms with Crippen LogP contribution in [-0.2, 0) is 15.8 Å². The summed E-state index contributed by atoms with van der Waals surface area (Å²) in [5.74, 6) is 0.702. The van der Waals surface area contributed by atoms with Gasteiger partial charge in [0.2, 0.25) is 5.91 Å². The molecule has 38 heavy (non-hydrogen) atoms. The number of amides is 2. The number of ether oxygens (including phenoxy) is 1. The molecule has 204 valence electrons. The van der Waals surface area contributed by atoms with Crippen molar-refractivity contribution in [3.8, 4) is 5.75 Å². The summed E-state index contributed by atoms with van der Waals surface area (Å²) < 4.78 is 46.9. The van der Waals surface area contributed by atoms with E-state index >= 15 is 0 Å². The molecule has 7 nitrogen and oxygen atoms in total. The van der Waals surface area contributed by atoms with Crippen molar-refractivity contribution >= 4 is 17.4 Å². The van der Waals surface area contributed by atoms with E-state index < -0.39 is 17.8 Å². The van der Waals surface area contributed by atoms with Crippen molar-refractivity contribution in [3.05, 3.63) is 58.5 Å². The molecule has 1 unspecified atom stereocenters. The van der Waals surface area contributed by atoms with E-state index in [0.717, 1.165) is 25.0 Å². The van der Waals surface area contributed by atoms with Crippen molar-refractivity contribution in [2.45, 2.75) is 64.2 Å². The third kappa shape index (κ3) is 5.39. The Morgan fingerprint density at radius 2 is 1.84 bits per heavy atom. The van der Waals surface area contributed by atoms with Crippen molar-refractivity contribution in [2.24, 2.45) is 5.92 Å². The predicted octanol–water partition coefficient (Wildman–Crippen LogP) is 4.76. The molecule has 1 saturated heterocycles. The number of alkyl halides is 3. The van der Waals surface area contributed by atoms with Crippen LogP contribution in [0, 0.1) is 5.92 Å². The van der Waals surface area contributed by atoms with Gasteiger partial charge in [0.1, 0.15) is 5.75 Å². The average Bonchev–Trinajstić information content (AvgIpc) is 3.60. The second kappa shape index (κ2) is 10.4. The summed E-state index contributed by atoms with van der Waals surface area (Å²) in [7, 11) is 0. The van der Waals surface area contributed by atoms with Gasteiger partial charge in [-0.05, 0) is 62.8 Å². The Morgan fingerprint density at radius 3 is 2.50 bits per heavy atom. The lowest BCUT2D eigenvalue weighted by Crippen LogP contribution is -2.47. The zero-order chi connectivity index (χ0) is 27.0. The lowest BCUT2D eigenvalue weighted by atomic mass is 9.89. The Morgan fingerprint density at radius 1 is 1.11 bits per heavy atom. The fourth-order valence-corrected chi connectivity index (χ4v) is 5.25. The van der Waals surface area contributed by atoms with E-state index in [0.29, 0.717) is 78.7 Å². The van der Waals surface area contributed by atoms with Crippen LogP contribution in [0.4, 0.5) is 13.2 Å². The zero-order valence-corrected chi connectivity index (χ0v) is 21.6. The fourth-order valence-electron chi connectivity index (χ4n) is 5.25. The van der Waals surface area contributed by atoms with Gasteiger partial charge in [-0.15, -0.1) is 0 Å². The van der Waals surface area contributed by atoms with E-state index in [-0.39, 0.29) is 17.9 Å². The number of rotatable bonds is 7. The van der Waals surface area contributed by atoms with Gasteiger partial charge in [0.15, 0.2) is 0 Å². The molecule has 3 N–H and O–H groups in total. The SMILES string of the molecule is CCC(=O)N1CCC(NC(=O)C2=C(C)NC(c3cc(C(F)(F)F)ccc3OCC3CC3)c3cc[nH]c32)CC1. The van der Waals surface area contributed by atoms with E-state index in [1.54, 1.807) is 19.2 Å². The third-order valence-corrected chi connectivity index (χ3v) is 7.61. The van der Waals surface area contributed by atoms with Crippen molar-refractivity contribution in [2.75, 3.05) is 19.7 Å². The van der Waals surface area contributed by atoms with E-state index in [4.69, 9.17) is 4.74 Å². The molecule has 1 aliphatic carbocycles. The van der Waals surface area contributed by atoms with E-state index in [1.807, 2.05) is 11.8 Å². The first-order valence-corrected chi connectivity index (χ1v) is 13.2. The molecule has 5 rings (SSSR count). The summed E-state index contributed by atoms with van der Waals surface area (Å²) in [6.45, 7) is 5.26. The Labute approximate surface area is 219 Å². The smallest absolute Gasteiger partial charge is 0.416 e. The number of nitrogens with zero attached hydrogens (tertiary/aromatic N) is 1. The standard InChI is InChI=1S/C28H33F3N4O3/c1-3-23(36)35-12-9-19(10-13-35)34-27(37)24-16(2)33-25(20-8-11-32-26(20)24)21-14-18(28(29,30)31)6-7-22(21)38-15-17-4-5-17/h6-8,11,14,17,19,25,32-33H,3-5,9-10,12-13,15H2,1-2H3,(H,34,37). The number of nitrogens with one attached hydrogen (secondary N) is 3.